The summed E-state index contributed by atoms with van der Waals surface area (Å²) in [7, 11) is 1.65. The molecule has 0 bridgehead atoms. The van der Waals surface area contributed by atoms with Gasteiger partial charge in [-0.05, 0) is 47.2 Å². The van der Waals surface area contributed by atoms with Gasteiger partial charge in [0.1, 0.15) is 10.9 Å². The number of benzene rings is 1. The number of hydrogen-bond acceptors (Lipinski definition) is 3. The lowest BCUT2D eigenvalue weighted by atomic mass is 9.92. The standard InChI is InChI=1S/C16H18ClIN2O/c1-9-6-7-10(11(8-9)21-5)15-19-13(16(2,3)4)12(18)14(17)20-15/h6-8H,1-5H3. The van der Waals surface area contributed by atoms with Crippen molar-refractivity contribution in [1.29, 1.82) is 0 Å². The van der Waals surface area contributed by atoms with E-state index in [-0.39, 0.29) is 5.41 Å². The van der Waals surface area contributed by atoms with Gasteiger partial charge < -0.3 is 4.74 Å². The highest BCUT2D eigenvalue weighted by Crippen LogP contribution is 2.34. The largest absolute Gasteiger partial charge is 0.496 e. The molecule has 0 saturated heterocycles. The molecular weight excluding hydrogens is 399 g/mol. The summed E-state index contributed by atoms with van der Waals surface area (Å²) in [5.41, 5.74) is 2.83. The lowest BCUT2D eigenvalue weighted by molar-refractivity contribution is 0.415. The van der Waals surface area contributed by atoms with Crippen LogP contribution in [0.4, 0.5) is 0 Å². The topological polar surface area (TPSA) is 35.0 Å². The zero-order chi connectivity index (χ0) is 15.8. The molecule has 0 N–H and O–H groups in total. The lowest BCUT2D eigenvalue weighted by Gasteiger charge is -2.21. The second-order valence-corrected chi connectivity index (χ2v) is 7.39. The molecule has 0 aliphatic rings. The second-order valence-electron chi connectivity index (χ2n) is 5.95. The van der Waals surface area contributed by atoms with E-state index in [0.29, 0.717) is 11.0 Å². The molecule has 0 aliphatic carbocycles. The van der Waals surface area contributed by atoms with E-state index in [1.165, 1.54) is 0 Å². The van der Waals surface area contributed by atoms with Gasteiger partial charge in [0, 0.05) is 5.41 Å². The van der Waals surface area contributed by atoms with Crippen LogP contribution >= 0.6 is 34.2 Å². The maximum atomic E-state index is 6.30. The molecule has 1 heterocycles. The molecule has 21 heavy (non-hydrogen) atoms. The van der Waals surface area contributed by atoms with Crippen LogP contribution in [0.15, 0.2) is 18.2 Å². The summed E-state index contributed by atoms with van der Waals surface area (Å²) in [4.78, 5) is 9.15. The average Bonchev–Trinajstić information content (AvgIpc) is 2.40. The number of halogens is 2. The van der Waals surface area contributed by atoms with Crippen molar-refractivity contribution < 1.29 is 4.74 Å². The van der Waals surface area contributed by atoms with Crippen molar-refractivity contribution in [3.05, 3.63) is 38.2 Å². The molecule has 1 aromatic heterocycles. The van der Waals surface area contributed by atoms with E-state index < -0.39 is 0 Å². The van der Waals surface area contributed by atoms with Crippen molar-refractivity contribution in [2.75, 3.05) is 7.11 Å². The van der Waals surface area contributed by atoms with Crippen LogP contribution in [0.5, 0.6) is 5.75 Å². The van der Waals surface area contributed by atoms with Gasteiger partial charge in [0.15, 0.2) is 5.82 Å². The minimum Gasteiger partial charge on any atom is -0.496 e. The number of aromatic nitrogens is 2. The normalized spacial score (nSPS) is 11.6. The molecule has 3 nitrogen and oxygen atoms in total. The minimum atomic E-state index is -0.101. The molecule has 1 aromatic carbocycles. The summed E-state index contributed by atoms with van der Waals surface area (Å²) in [6.45, 7) is 8.37. The fraction of sp³-hybridized carbons (Fsp3) is 0.375. The third kappa shape index (κ3) is 3.48. The first-order chi connectivity index (χ1) is 9.74. The number of aryl methyl sites for hydroxylation is 1. The van der Waals surface area contributed by atoms with E-state index in [4.69, 9.17) is 21.3 Å². The van der Waals surface area contributed by atoms with Crippen molar-refractivity contribution in [3.8, 4) is 17.1 Å². The Morgan fingerprint density at radius 2 is 1.86 bits per heavy atom. The smallest absolute Gasteiger partial charge is 0.164 e. The first-order valence-electron chi connectivity index (χ1n) is 6.62. The van der Waals surface area contributed by atoms with E-state index in [9.17, 15) is 0 Å². The molecule has 5 heteroatoms. The van der Waals surface area contributed by atoms with Crippen LogP contribution in [-0.2, 0) is 5.41 Å². The van der Waals surface area contributed by atoms with Crippen LogP contribution < -0.4 is 4.74 Å². The summed E-state index contributed by atoms with van der Waals surface area (Å²) in [5, 5.41) is 0.480. The Hall–Kier alpha value is -0.880. The first-order valence-corrected chi connectivity index (χ1v) is 8.08. The van der Waals surface area contributed by atoms with Gasteiger partial charge in [-0.2, -0.15) is 0 Å². The maximum absolute atomic E-state index is 6.30. The molecule has 0 radical (unpaired) electrons. The lowest BCUT2D eigenvalue weighted by Crippen LogP contribution is -2.17. The van der Waals surface area contributed by atoms with Gasteiger partial charge >= 0.3 is 0 Å². The van der Waals surface area contributed by atoms with Gasteiger partial charge in [-0.1, -0.05) is 38.4 Å². The van der Waals surface area contributed by atoms with Crippen molar-refractivity contribution in [3.63, 3.8) is 0 Å². The number of nitrogens with zero attached hydrogens (tertiary/aromatic N) is 2. The quantitative estimate of drug-likeness (QED) is 0.509. The number of rotatable bonds is 2. The molecule has 0 atom stereocenters. The third-order valence-electron chi connectivity index (χ3n) is 3.12. The highest BCUT2D eigenvalue weighted by Gasteiger charge is 2.23. The van der Waals surface area contributed by atoms with Crippen LogP contribution in [0.1, 0.15) is 32.0 Å². The highest BCUT2D eigenvalue weighted by molar-refractivity contribution is 14.1. The monoisotopic (exact) mass is 416 g/mol. The SMILES string of the molecule is COc1cc(C)ccc1-c1nc(Cl)c(I)c(C(C)(C)C)n1. The summed E-state index contributed by atoms with van der Waals surface area (Å²) in [6, 6.07) is 5.96. The van der Waals surface area contributed by atoms with Gasteiger partial charge in [0.05, 0.1) is 21.9 Å². The number of methoxy groups -OCH3 is 1. The molecule has 0 fully saturated rings. The third-order valence-corrected chi connectivity index (χ3v) is 4.73. The van der Waals surface area contributed by atoms with Crippen LogP contribution in [0, 0.1) is 10.5 Å². The minimum absolute atomic E-state index is 0.101. The molecule has 0 spiro atoms. The Labute approximate surface area is 144 Å². The van der Waals surface area contributed by atoms with Crippen LogP contribution in [-0.4, -0.2) is 17.1 Å². The maximum Gasteiger partial charge on any atom is 0.164 e. The second kappa shape index (κ2) is 6.08. The van der Waals surface area contributed by atoms with E-state index in [0.717, 1.165) is 26.1 Å². The summed E-state index contributed by atoms with van der Waals surface area (Å²) in [6.07, 6.45) is 0. The molecular formula is C16H18ClIN2O. The molecule has 2 rings (SSSR count). The Balaban J connectivity index is 2.68. The fourth-order valence-corrected chi connectivity index (χ4v) is 3.24. The van der Waals surface area contributed by atoms with E-state index >= 15 is 0 Å². The molecule has 0 amide bonds. The Bertz CT molecular complexity index is 681. The first kappa shape index (κ1) is 16.5. The average molecular weight is 417 g/mol. The predicted molar refractivity (Wildman–Crippen MR) is 95.2 cm³/mol. The Morgan fingerprint density at radius 1 is 1.19 bits per heavy atom. The molecule has 112 valence electrons. The van der Waals surface area contributed by atoms with E-state index in [1.807, 2.05) is 25.1 Å². The van der Waals surface area contributed by atoms with E-state index in [2.05, 4.69) is 48.3 Å². The Kier molecular flexibility index (Phi) is 4.78. The number of ether oxygens (including phenoxy) is 1. The molecule has 0 aliphatic heterocycles. The van der Waals surface area contributed by atoms with Crippen LogP contribution in [0.25, 0.3) is 11.4 Å². The van der Waals surface area contributed by atoms with Crippen molar-refractivity contribution in [2.24, 2.45) is 0 Å². The van der Waals surface area contributed by atoms with E-state index in [1.54, 1.807) is 7.11 Å². The summed E-state index contributed by atoms with van der Waals surface area (Å²) in [5.74, 6) is 1.36. The van der Waals surface area contributed by atoms with Gasteiger partial charge in [0.25, 0.3) is 0 Å². The molecule has 2 aromatic rings. The number of hydrogen-bond donors (Lipinski definition) is 0. The molecule has 0 saturated carbocycles. The Morgan fingerprint density at radius 3 is 2.43 bits per heavy atom. The van der Waals surface area contributed by atoms with Crippen molar-refractivity contribution in [1.82, 2.24) is 9.97 Å². The summed E-state index contributed by atoms with van der Waals surface area (Å²) < 4.78 is 6.35. The summed E-state index contributed by atoms with van der Waals surface area (Å²) >= 11 is 8.50. The van der Waals surface area contributed by atoms with Gasteiger partial charge in [-0.15, -0.1) is 0 Å². The van der Waals surface area contributed by atoms with Crippen LogP contribution in [0.3, 0.4) is 0 Å². The predicted octanol–water partition coefficient (Wildman–Crippen LogP) is 5.02. The van der Waals surface area contributed by atoms with Crippen molar-refractivity contribution in [2.45, 2.75) is 33.1 Å². The van der Waals surface area contributed by atoms with Crippen molar-refractivity contribution >= 4 is 34.2 Å². The van der Waals surface area contributed by atoms with Crippen LogP contribution in [0.2, 0.25) is 5.15 Å². The van der Waals surface area contributed by atoms with Gasteiger partial charge in [-0.3, -0.25) is 0 Å². The van der Waals surface area contributed by atoms with Gasteiger partial charge in [0.2, 0.25) is 0 Å². The fourth-order valence-electron chi connectivity index (χ4n) is 2.02. The zero-order valence-corrected chi connectivity index (χ0v) is 15.7. The molecule has 0 unspecified atom stereocenters. The highest BCUT2D eigenvalue weighted by atomic mass is 127. The zero-order valence-electron chi connectivity index (χ0n) is 12.8. The van der Waals surface area contributed by atoms with Gasteiger partial charge in [-0.25, -0.2) is 9.97 Å².